The minimum atomic E-state index is -4.41. The number of carbonyl (C=O) groups is 1. The Morgan fingerprint density at radius 2 is 2.12 bits per heavy atom. The van der Waals surface area contributed by atoms with Gasteiger partial charge in [-0.25, -0.2) is 9.78 Å². The molecule has 0 saturated carbocycles. The van der Waals surface area contributed by atoms with Crippen LogP contribution in [0.15, 0.2) is 18.3 Å². The molecule has 0 aliphatic carbocycles. The van der Waals surface area contributed by atoms with Crippen molar-refractivity contribution in [1.29, 1.82) is 0 Å². The largest absolute Gasteiger partial charge is 0.468 e. The number of ether oxygens (including phenoxy) is 1. The van der Waals surface area contributed by atoms with Crippen molar-refractivity contribution in [3.8, 4) is 5.88 Å². The summed E-state index contributed by atoms with van der Waals surface area (Å²) in [6.07, 6.45) is 0.234. The number of nitrogens with zero attached hydrogens (tertiary/aromatic N) is 1. The van der Waals surface area contributed by atoms with Crippen LogP contribution in [0.5, 0.6) is 5.88 Å². The van der Waals surface area contributed by atoms with Gasteiger partial charge in [0.05, 0.1) is 0 Å². The molecule has 0 radical (unpaired) electrons. The van der Waals surface area contributed by atoms with Crippen LogP contribution in [0.2, 0.25) is 0 Å². The van der Waals surface area contributed by atoms with E-state index in [-0.39, 0.29) is 18.5 Å². The number of carbonyl (C=O) groups excluding carboxylic acids is 1. The summed E-state index contributed by atoms with van der Waals surface area (Å²) in [6, 6.07) is 2.66. The lowest BCUT2D eigenvalue weighted by molar-refractivity contribution is -0.154. The van der Waals surface area contributed by atoms with Crippen molar-refractivity contribution in [1.82, 2.24) is 15.6 Å². The number of rotatable bonds is 9. The third-order valence-electron chi connectivity index (χ3n) is 3.30. The van der Waals surface area contributed by atoms with Crippen molar-refractivity contribution in [2.45, 2.75) is 45.8 Å². The molecule has 136 valence electrons. The molecule has 0 spiro atoms. The number of urea groups is 1. The first-order chi connectivity index (χ1) is 11.3. The molecule has 1 aromatic heterocycles. The van der Waals surface area contributed by atoms with Crippen LogP contribution in [-0.2, 0) is 6.54 Å². The smallest absolute Gasteiger partial charge is 0.422 e. The molecule has 0 saturated heterocycles. The van der Waals surface area contributed by atoms with Gasteiger partial charge in [0, 0.05) is 25.4 Å². The minimum Gasteiger partial charge on any atom is -0.468 e. The second-order valence-electron chi connectivity index (χ2n) is 5.72. The van der Waals surface area contributed by atoms with E-state index < -0.39 is 12.8 Å². The predicted octanol–water partition coefficient (Wildman–Crippen LogP) is 3.65. The van der Waals surface area contributed by atoms with Crippen LogP contribution in [0, 0.1) is 5.92 Å². The molecule has 1 aromatic rings. The zero-order valence-corrected chi connectivity index (χ0v) is 13.9. The average molecular weight is 347 g/mol. The normalized spacial score (nSPS) is 12.5. The summed E-state index contributed by atoms with van der Waals surface area (Å²) in [6.45, 7) is 3.56. The van der Waals surface area contributed by atoms with Crippen LogP contribution in [0.4, 0.5) is 18.0 Å². The lowest BCUT2D eigenvalue weighted by Gasteiger charge is -2.13. The third kappa shape index (κ3) is 9.22. The molecule has 5 nitrogen and oxygen atoms in total. The van der Waals surface area contributed by atoms with Gasteiger partial charge in [0.25, 0.3) is 0 Å². The Labute approximate surface area is 140 Å². The Morgan fingerprint density at radius 3 is 2.79 bits per heavy atom. The molecule has 1 rings (SSSR count). The number of nitrogens with one attached hydrogen (secondary N) is 2. The van der Waals surface area contributed by atoms with Gasteiger partial charge in [0.2, 0.25) is 5.88 Å². The number of hydrogen-bond acceptors (Lipinski definition) is 3. The molecule has 24 heavy (non-hydrogen) atoms. The van der Waals surface area contributed by atoms with Crippen LogP contribution < -0.4 is 15.4 Å². The van der Waals surface area contributed by atoms with E-state index >= 15 is 0 Å². The molecule has 1 atom stereocenters. The molecular weight excluding hydrogens is 323 g/mol. The number of aromatic nitrogens is 1. The van der Waals surface area contributed by atoms with Gasteiger partial charge in [0.1, 0.15) is 0 Å². The van der Waals surface area contributed by atoms with E-state index in [1.807, 2.05) is 0 Å². The molecule has 0 fully saturated rings. The Bertz CT molecular complexity index is 510. The topological polar surface area (TPSA) is 63.2 Å². The number of unbranched alkanes of at least 4 members (excludes halogenated alkanes) is 1. The standard InChI is InChI=1S/C16H24F3N3O2/c1-3-4-5-12(2)9-21-15(23)22-10-13-6-7-20-14(8-13)24-11-16(17,18)19/h6-8,12H,3-5,9-11H2,1-2H3,(H2,21,22,23). The minimum absolute atomic E-state index is 0.125. The zero-order chi connectivity index (χ0) is 18.0. The van der Waals surface area contributed by atoms with Crippen molar-refractivity contribution >= 4 is 6.03 Å². The summed E-state index contributed by atoms with van der Waals surface area (Å²) < 4.78 is 40.9. The number of pyridine rings is 1. The van der Waals surface area contributed by atoms with Crippen molar-refractivity contribution in [2.24, 2.45) is 5.92 Å². The molecule has 0 aliphatic heterocycles. The first-order valence-electron chi connectivity index (χ1n) is 7.96. The fraction of sp³-hybridized carbons (Fsp3) is 0.625. The molecule has 1 unspecified atom stereocenters. The van der Waals surface area contributed by atoms with Gasteiger partial charge in [-0.3, -0.25) is 0 Å². The monoisotopic (exact) mass is 347 g/mol. The summed E-state index contributed by atoms with van der Waals surface area (Å²) in [7, 11) is 0. The molecule has 2 amide bonds. The van der Waals surface area contributed by atoms with E-state index in [2.05, 4.69) is 34.2 Å². The van der Waals surface area contributed by atoms with Crippen molar-refractivity contribution in [3.63, 3.8) is 0 Å². The number of hydrogen-bond donors (Lipinski definition) is 2. The first kappa shape index (κ1) is 20.1. The third-order valence-corrected chi connectivity index (χ3v) is 3.30. The Hall–Kier alpha value is -1.99. The average Bonchev–Trinajstić information content (AvgIpc) is 2.54. The highest BCUT2D eigenvalue weighted by Gasteiger charge is 2.28. The molecular formula is C16H24F3N3O2. The molecule has 0 bridgehead atoms. The predicted molar refractivity (Wildman–Crippen MR) is 84.7 cm³/mol. The Balaban J connectivity index is 2.34. The number of alkyl halides is 3. The van der Waals surface area contributed by atoms with Crippen molar-refractivity contribution in [3.05, 3.63) is 23.9 Å². The SMILES string of the molecule is CCCCC(C)CNC(=O)NCc1ccnc(OCC(F)(F)F)c1. The van der Waals surface area contributed by atoms with Gasteiger partial charge in [0.15, 0.2) is 6.61 Å². The molecule has 2 N–H and O–H groups in total. The highest BCUT2D eigenvalue weighted by Crippen LogP contribution is 2.17. The van der Waals surface area contributed by atoms with Gasteiger partial charge in [-0.2, -0.15) is 13.2 Å². The van der Waals surface area contributed by atoms with Crippen LogP contribution in [0.25, 0.3) is 0 Å². The summed E-state index contributed by atoms with van der Waals surface area (Å²) in [5.74, 6) is 0.277. The highest BCUT2D eigenvalue weighted by molar-refractivity contribution is 5.73. The number of amides is 2. The molecule has 8 heteroatoms. The van der Waals surface area contributed by atoms with Crippen LogP contribution >= 0.6 is 0 Å². The molecule has 0 aliphatic rings. The lowest BCUT2D eigenvalue weighted by atomic mass is 10.1. The molecule has 1 heterocycles. The van der Waals surface area contributed by atoms with Crippen LogP contribution in [0.1, 0.15) is 38.7 Å². The summed E-state index contributed by atoms with van der Waals surface area (Å²) >= 11 is 0. The van der Waals surface area contributed by atoms with Crippen molar-refractivity contribution < 1.29 is 22.7 Å². The maximum atomic E-state index is 12.1. The maximum Gasteiger partial charge on any atom is 0.422 e. The van der Waals surface area contributed by atoms with E-state index in [1.165, 1.54) is 12.3 Å². The Kier molecular flexibility index (Phi) is 8.35. The molecule has 0 aromatic carbocycles. The van der Waals surface area contributed by atoms with E-state index in [0.717, 1.165) is 19.3 Å². The second kappa shape index (κ2) is 10.00. The fourth-order valence-electron chi connectivity index (χ4n) is 1.96. The maximum absolute atomic E-state index is 12.1. The van der Waals surface area contributed by atoms with E-state index in [4.69, 9.17) is 0 Å². The van der Waals surface area contributed by atoms with E-state index in [9.17, 15) is 18.0 Å². The zero-order valence-electron chi connectivity index (χ0n) is 13.9. The Morgan fingerprint density at radius 1 is 1.38 bits per heavy atom. The van der Waals surface area contributed by atoms with Crippen LogP contribution in [0.3, 0.4) is 0 Å². The van der Waals surface area contributed by atoms with Crippen molar-refractivity contribution in [2.75, 3.05) is 13.2 Å². The van der Waals surface area contributed by atoms with Gasteiger partial charge in [-0.15, -0.1) is 0 Å². The van der Waals surface area contributed by atoms with E-state index in [1.54, 1.807) is 6.07 Å². The van der Waals surface area contributed by atoms with Crippen LogP contribution in [-0.4, -0.2) is 30.3 Å². The lowest BCUT2D eigenvalue weighted by Crippen LogP contribution is -2.37. The first-order valence-corrected chi connectivity index (χ1v) is 7.96. The highest BCUT2D eigenvalue weighted by atomic mass is 19.4. The van der Waals surface area contributed by atoms with Gasteiger partial charge in [-0.1, -0.05) is 26.7 Å². The fourth-order valence-corrected chi connectivity index (χ4v) is 1.96. The number of halogens is 3. The van der Waals surface area contributed by atoms with Gasteiger partial charge in [-0.05, 0) is 24.0 Å². The summed E-state index contributed by atoms with van der Waals surface area (Å²) in [4.78, 5) is 15.4. The second-order valence-corrected chi connectivity index (χ2v) is 5.72. The quantitative estimate of drug-likeness (QED) is 0.717. The summed E-state index contributed by atoms with van der Waals surface area (Å²) in [5.41, 5.74) is 0.608. The van der Waals surface area contributed by atoms with Gasteiger partial charge < -0.3 is 15.4 Å². The van der Waals surface area contributed by atoms with Gasteiger partial charge >= 0.3 is 12.2 Å². The van der Waals surface area contributed by atoms with E-state index in [0.29, 0.717) is 18.0 Å². The summed E-state index contributed by atoms with van der Waals surface area (Å²) in [5, 5.41) is 5.43.